The molecule has 2 aromatic rings. The van der Waals surface area contributed by atoms with Crippen LogP contribution in [-0.4, -0.2) is 48.9 Å². The van der Waals surface area contributed by atoms with Gasteiger partial charge in [0.05, 0.1) is 17.5 Å². The van der Waals surface area contributed by atoms with Crippen LogP contribution in [0.2, 0.25) is 5.02 Å². The molecule has 2 rings (SSSR count). The molecule has 0 fully saturated rings. The molecule has 0 aliphatic carbocycles. The lowest BCUT2D eigenvalue weighted by atomic mass is 10.1. The lowest BCUT2D eigenvalue weighted by molar-refractivity contribution is -0.118. The molecule has 0 bridgehead atoms. The van der Waals surface area contributed by atoms with Crippen molar-refractivity contribution in [3.05, 3.63) is 64.7 Å². The summed E-state index contributed by atoms with van der Waals surface area (Å²) in [4.78, 5) is 26.1. The summed E-state index contributed by atoms with van der Waals surface area (Å²) in [5.74, 6) is 0.225. The molecule has 0 spiro atoms. The van der Waals surface area contributed by atoms with Gasteiger partial charge in [-0.05, 0) is 44.8 Å². The van der Waals surface area contributed by atoms with E-state index in [0.29, 0.717) is 11.6 Å². The highest BCUT2D eigenvalue weighted by atomic mass is 35.5. The summed E-state index contributed by atoms with van der Waals surface area (Å²) in [6.07, 6.45) is 0. The maximum Gasteiger partial charge on any atom is 0.234 e. The Bertz CT molecular complexity index is 796. The van der Waals surface area contributed by atoms with Crippen molar-refractivity contribution in [2.45, 2.75) is 13.0 Å². The smallest absolute Gasteiger partial charge is 0.234 e. The monoisotopic (exact) mass is 419 g/mol. The van der Waals surface area contributed by atoms with Crippen LogP contribution in [0, 0.1) is 6.92 Å². The largest absolute Gasteiger partial charge is 0.353 e. The molecule has 0 radical (unpaired) electrons. The number of likely N-dealkylation sites (N-methyl/N-ethyl adjacent to an activating group) is 1. The molecule has 28 heavy (non-hydrogen) atoms. The molecule has 2 amide bonds. The van der Waals surface area contributed by atoms with Gasteiger partial charge in [0.15, 0.2) is 0 Å². The molecule has 150 valence electrons. The number of anilines is 1. The van der Waals surface area contributed by atoms with Gasteiger partial charge in [-0.1, -0.05) is 47.5 Å². The molecule has 1 unspecified atom stereocenters. The molecule has 2 N–H and O–H groups in total. The fourth-order valence-corrected chi connectivity index (χ4v) is 3.56. The number of nitrogens with zero attached hydrogens (tertiary/aromatic N) is 1. The van der Waals surface area contributed by atoms with Gasteiger partial charge in [0.2, 0.25) is 11.8 Å². The number of amides is 2. The Kier molecular flexibility index (Phi) is 8.83. The first-order valence-corrected chi connectivity index (χ1v) is 10.5. The van der Waals surface area contributed by atoms with Crippen molar-refractivity contribution >= 4 is 40.9 Å². The van der Waals surface area contributed by atoms with Crippen LogP contribution in [0.4, 0.5) is 5.69 Å². The summed E-state index contributed by atoms with van der Waals surface area (Å²) in [7, 11) is 3.90. The molecule has 0 saturated carbocycles. The van der Waals surface area contributed by atoms with Crippen LogP contribution in [-0.2, 0) is 9.59 Å². The van der Waals surface area contributed by atoms with E-state index in [1.165, 1.54) is 11.8 Å². The third-order valence-electron chi connectivity index (χ3n) is 4.18. The van der Waals surface area contributed by atoms with Crippen LogP contribution in [0.25, 0.3) is 0 Å². The topological polar surface area (TPSA) is 61.4 Å². The van der Waals surface area contributed by atoms with Gasteiger partial charge in [-0.15, -0.1) is 11.8 Å². The van der Waals surface area contributed by atoms with Crippen molar-refractivity contribution in [1.82, 2.24) is 10.2 Å². The molecule has 0 saturated heterocycles. The summed E-state index contributed by atoms with van der Waals surface area (Å²) in [6, 6.07) is 15.2. The number of carbonyl (C=O) groups excluding carboxylic acids is 2. The lowest BCUT2D eigenvalue weighted by Crippen LogP contribution is -2.35. The zero-order valence-corrected chi connectivity index (χ0v) is 17.9. The molecule has 0 aliphatic heterocycles. The minimum absolute atomic E-state index is 0.0208. The molecular formula is C21H26ClN3O2S. The fourth-order valence-electron chi connectivity index (χ4n) is 2.65. The maximum atomic E-state index is 12.1. The average Bonchev–Trinajstić information content (AvgIpc) is 2.65. The van der Waals surface area contributed by atoms with Crippen LogP contribution < -0.4 is 10.6 Å². The van der Waals surface area contributed by atoms with Crippen LogP contribution in [0.5, 0.6) is 0 Å². The Labute approximate surface area is 175 Å². The standard InChI is InChI=1S/C21H26ClN3O2S/c1-15-8-10-16(11-9-15)24-21(27)14-28-13-20(26)23-12-19(25(2)3)17-6-4-5-7-18(17)22/h4-11,19H,12-14H2,1-3H3,(H,23,26)(H,24,27). The highest BCUT2D eigenvalue weighted by molar-refractivity contribution is 8.00. The number of rotatable bonds is 9. The van der Waals surface area contributed by atoms with Crippen molar-refractivity contribution in [2.24, 2.45) is 0 Å². The number of hydrogen-bond donors (Lipinski definition) is 2. The van der Waals surface area contributed by atoms with E-state index in [2.05, 4.69) is 10.6 Å². The number of hydrogen-bond acceptors (Lipinski definition) is 4. The molecule has 1 atom stereocenters. The van der Waals surface area contributed by atoms with Crippen LogP contribution in [0.3, 0.4) is 0 Å². The van der Waals surface area contributed by atoms with E-state index >= 15 is 0 Å². The first-order valence-electron chi connectivity index (χ1n) is 8.98. The van der Waals surface area contributed by atoms with E-state index in [1.807, 2.05) is 74.4 Å². The van der Waals surface area contributed by atoms with Gasteiger partial charge in [0.25, 0.3) is 0 Å². The normalized spacial score (nSPS) is 11.9. The van der Waals surface area contributed by atoms with E-state index in [9.17, 15) is 9.59 Å². The third kappa shape index (κ3) is 7.19. The first-order chi connectivity index (χ1) is 13.4. The van der Waals surface area contributed by atoms with E-state index in [0.717, 1.165) is 16.8 Å². The Balaban J connectivity index is 1.74. The number of halogens is 1. The molecular weight excluding hydrogens is 394 g/mol. The Hall–Kier alpha value is -2.02. The van der Waals surface area contributed by atoms with Crippen molar-refractivity contribution in [3.63, 3.8) is 0 Å². The maximum absolute atomic E-state index is 12.1. The summed E-state index contributed by atoms with van der Waals surface area (Å²) in [5.41, 5.74) is 2.87. The van der Waals surface area contributed by atoms with Gasteiger partial charge in [0.1, 0.15) is 0 Å². The number of aryl methyl sites for hydroxylation is 1. The molecule has 5 nitrogen and oxygen atoms in total. The summed E-state index contributed by atoms with van der Waals surface area (Å²) in [6.45, 7) is 2.44. The summed E-state index contributed by atoms with van der Waals surface area (Å²) >= 11 is 7.57. The highest BCUT2D eigenvalue weighted by Gasteiger charge is 2.17. The lowest BCUT2D eigenvalue weighted by Gasteiger charge is -2.26. The molecule has 0 aromatic heterocycles. The predicted octanol–water partition coefficient (Wildman–Crippen LogP) is 3.74. The van der Waals surface area contributed by atoms with E-state index < -0.39 is 0 Å². The second-order valence-corrected chi connectivity index (χ2v) is 8.10. The number of nitrogens with one attached hydrogen (secondary N) is 2. The van der Waals surface area contributed by atoms with Crippen molar-refractivity contribution in [2.75, 3.05) is 37.5 Å². The number of carbonyl (C=O) groups is 2. The molecule has 0 heterocycles. The van der Waals surface area contributed by atoms with Crippen molar-refractivity contribution in [1.29, 1.82) is 0 Å². The van der Waals surface area contributed by atoms with Gasteiger partial charge in [-0.3, -0.25) is 9.59 Å². The van der Waals surface area contributed by atoms with Crippen molar-refractivity contribution in [3.8, 4) is 0 Å². The van der Waals surface area contributed by atoms with E-state index in [-0.39, 0.29) is 29.4 Å². The molecule has 0 aliphatic rings. The Morgan fingerprint density at radius 2 is 1.68 bits per heavy atom. The van der Waals surface area contributed by atoms with Gasteiger partial charge >= 0.3 is 0 Å². The number of thioether (sulfide) groups is 1. The first kappa shape index (κ1) is 22.3. The van der Waals surface area contributed by atoms with E-state index in [1.54, 1.807) is 0 Å². The Morgan fingerprint density at radius 1 is 1.04 bits per heavy atom. The van der Waals surface area contributed by atoms with Crippen LogP contribution in [0.1, 0.15) is 17.2 Å². The zero-order chi connectivity index (χ0) is 20.5. The van der Waals surface area contributed by atoms with Gasteiger partial charge in [0, 0.05) is 17.3 Å². The molecule has 2 aromatic carbocycles. The second-order valence-electron chi connectivity index (χ2n) is 6.71. The average molecular weight is 420 g/mol. The van der Waals surface area contributed by atoms with E-state index in [4.69, 9.17) is 11.6 Å². The SMILES string of the molecule is Cc1ccc(NC(=O)CSCC(=O)NCC(c2ccccc2Cl)N(C)C)cc1. The third-order valence-corrected chi connectivity index (χ3v) is 5.46. The quantitative estimate of drug-likeness (QED) is 0.650. The second kappa shape index (κ2) is 11.1. The number of benzene rings is 2. The van der Waals surface area contributed by atoms with Gasteiger partial charge in [-0.25, -0.2) is 0 Å². The Morgan fingerprint density at radius 3 is 2.32 bits per heavy atom. The molecule has 7 heteroatoms. The van der Waals surface area contributed by atoms with Gasteiger partial charge in [-0.2, -0.15) is 0 Å². The highest BCUT2D eigenvalue weighted by Crippen LogP contribution is 2.25. The van der Waals surface area contributed by atoms with Crippen LogP contribution >= 0.6 is 23.4 Å². The fraction of sp³-hybridized carbons (Fsp3) is 0.333. The predicted molar refractivity (Wildman–Crippen MR) is 118 cm³/mol. The zero-order valence-electron chi connectivity index (χ0n) is 16.4. The summed E-state index contributed by atoms with van der Waals surface area (Å²) in [5, 5.41) is 6.43. The van der Waals surface area contributed by atoms with Crippen molar-refractivity contribution < 1.29 is 9.59 Å². The van der Waals surface area contributed by atoms with Crippen LogP contribution in [0.15, 0.2) is 48.5 Å². The summed E-state index contributed by atoms with van der Waals surface area (Å²) < 4.78 is 0. The van der Waals surface area contributed by atoms with Gasteiger partial charge < -0.3 is 15.5 Å². The minimum Gasteiger partial charge on any atom is -0.353 e. The minimum atomic E-state index is -0.121.